The second-order valence-electron chi connectivity index (χ2n) is 14.7. The largest absolute Gasteiger partial charge is 0.459 e. The van der Waals surface area contributed by atoms with Crippen LogP contribution in [0.5, 0.6) is 17.2 Å². The number of fused-ring (bicyclic) bond motifs is 2. The summed E-state index contributed by atoms with van der Waals surface area (Å²) in [6.07, 6.45) is 8.65. The van der Waals surface area contributed by atoms with Crippen molar-refractivity contribution in [3.05, 3.63) is 114 Å². The summed E-state index contributed by atoms with van der Waals surface area (Å²) in [6, 6.07) is 17.7. The second-order valence-corrected chi connectivity index (χ2v) is 14.7. The fourth-order valence-corrected chi connectivity index (χ4v) is 8.85. The zero-order valence-electron chi connectivity index (χ0n) is 32.7. The minimum atomic E-state index is -1.50. The Morgan fingerprint density at radius 2 is 1.79 bits per heavy atom. The van der Waals surface area contributed by atoms with E-state index in [1.165, 1.54) is 19.2 Å². The van der Waals surface area contributed by atoms with E-state index in [0.29, 0.717) is 53.5 Å². The van der Waals surface area contributed by atoms with Crippen LogP contribution in [-0.2, 0) is 20.9 Å². The van der Waals surface area contributed by atoms with Crippen molar-refractivity contribution in [2.45, 2.75) is 76.2 Å². The van der Waals surface area contributed by atoms with Crippen LogP contribution in [0.3, 0.4) is 0 Å². The summed E-state index contributed by atoms with van der Waals surface area (Å²) < 4.78 is 40.1. The highest BCUT2D eigenvalue weighted by Gasteiger charge is 2.65. The Balaban J connectivity index is 1.59. The van der Waals surface area contributed by atoms with Crippen LogP contribution in [0.1, 0.15) is 79.3 Å². The topological polar surface area (TPSA) is 136 Å². The van der Waals surface area contributed by atoms with E-state index in [9.17, 15) is 24.2 Å². The lowest BCUT2D eigenvalue weighted by Crippen LogP contribution is -2.70. The van der Waals surface area contributed by atoms with Crippen LogP contribution in [0.2, 0.25) is 0 Å². The first kappa shape index (κ1) is 41.6. The number of amides is 1. The summed E-state index contributed by atoms with van der Waals surface area (Å²) in [5, 5.41) is 24.4. The van der Waals surface area contributed by atoms with Gasteiger partial charge in [-0.05, 0) is 98.0 Å². The van der Waals surface area contributed by atoms with E-state index in [1.807, 2.05) is 25.1 Å². The van der Waals surface area contributed by atoms with E-state index in [0.717, 1.165) is 43.1 Å². The van der Waals surface area contributed by atoms with Gasteiger partial charge in [-0.25, -0.2) is 9.18 Å². The number of hydrogen-bond acceptors (Lipinski definition) is 10. The summed E-state index contributed by atoms with van der Waals surface area (Å²) in [5.41, 5.74) is 3.58. The molecule has 2 aliphatic carbocycles. The number of aldehydes is 1. The first-order chi connectivity index (χ1) is 27.8. The summed E-state index contributed by atoms with van der Waals surface area (Å²) in [5.74, 6) is -1.06. The molecule has 1 aliphatic heterocycles. The third-order valence-corrected chi connectivity index (χ3v) is 11.2. The molecule has 0 aromatic heterocycles. The molecule has 0 spiro atoms. The van der Waals surface area contributed by atoms with Gasteiger partial charge in [0.25, 0.3) is 0 Å². The first-order valence-electron chi connectivity index (χ1n) is 19.8. The third kappa shape index (κ3) is 9.08. The van der Waals surface area contributed by atoms with E-state index in [2.05, 4.69) is 12.7 Å². The minimum absolute atomic E-state index is 0.00255. The maximum absolute atomic E-state index is 14.1. The Hall–Kier alpha value is -5.04. The molecule has 3 aromatic rings. The molecular weight excluding hydrogens is 731 g/mol. The van der Waals surface area contributed by atoms with Crippen LogP contribution in [0.25, 0.3) is 0 Å². The Bertz CT molecular complexity index is 1920. The van der Waals surface area contributed by atoms with E-state index in [1.54, 1.807) is 47.4 Å². The van der Waals surface area contributed by atoms with Gasteiger partial charge >= 0.3 is 6.09 Å². The number of ether oxygens (including phenoxy) is 4. The smallest absolute Gasteiger partial charge is 0.410 e. The molecule has 0 bridgehead atoms. The number of oxime groups is 1. The van der Waals surface area contributed by atoms with Gasteiger partial charge in [0.2, 0.25) is 5.79 Å². The first-order valence-corrected chi connectivity index (χ1v) is 19.8. The highest BCUT2D eigenvalue weighted by molar-refractivity contribution is 6.03. The molecular formula is C45H53FN2O9. The number of halogens is 1. The molecule has 2 N–H and O–H groups in total. The fraction of sp³-hybridized carbons (Fsp3) is 0.444. The monoisotopic (exact) mass is 784 g/mol. The van der Waals surface area contributed by atoms with Gasteiger partial charge < -0.3 is 34.0 Å². The number of benzene rings is 3. The molecule has 304 valence electrons. The van der Waals surface area contributed by atoms with Crippen molar-refractivity contribution >= 4 is 18.1 Å². The summed E-state index contributed by atoms with van der Waals surface area (Å²) >= 11 is 0. The van der Waals surface area contributed by atoms with Crippen molar-refractivity contribution in [2.24, 2.45) is 22.9 Å². The predicted octanol–water partition coefficient (Wildman–Crippen LogP) is 8.35. The molecule has 0 saturated heterocycles. The molecule has 0 radical (unpaired) electrons. The van der Waals surface area contributed by atoms with Crippen molar-refractivity contribution in [1.29, 1.82) is 0 Å². The molecule has 12 heteroatoms. The van der Waals surface area contributed by atoms with Crippen LogP contribution < -0.4 is 9.47 Å². The zero-order chi connectivity index (χ0) is 40.4. The SMILES string of the molecule is C=CCOC12Oc3ccc(Oc4cccc(C=O)c4)cc3C3C(CCCCO)C(CCCCO)C=C(C(=NOCC)CC1N(Cc1ccc(F)cc1)C(=O)OC)C32. The minimum Gasteiger partial charge on any atom is -0.459 e. The number of methoxy groups -OCH3 is 1. The lowest BCUT2D eigenvalue weighted by atomic mass is 9.55. The number of aliphatic hydroxyl groups excluding tert-OH is 2. The number of nitrogens with zero attached hydrogens (tertiary/aromatic N) is 2. The third-order valence-electron chi connectivity index (χ3n) is 11.2. The molecule has 11 nitrogen and oxygen atoms in total. The molecule has 1 fully saturated rings. The van der Waals surface area contributed by atoms with Crippen LogP contribution in [0.4, 0.5) is 9.18 Å². The summed E-state index contributed by atoms with van der Waals surface area (Å²) in [4.78, 5) is 33.0. The standard InChI is InChI=1S/C45H53FN2O9/c1-4-23-54-45-41(48(44(52)53-3)28-30-15-17-33(46)18-16-30)27-39(47-55-5-2)37-25-32(12-6-8-21-49)36(14-7-9-22-50)42(43(37)45)38-26-35(19-20-40(38)57-45)56-34-13-10-11-31(24-34)29-51/h4,10-11,13,15-20,24-26,29,32,36,41-43,49-50H,1,5-9,12,14,21-23,27-28H2,2-3H3. The number of aliphatic hydroxyl groups is 2. The average molecular weight is 785 g/mol. The van der Waals surface area contributed by atoms with Crippen molar-refractivity contribution in [3.63, 3.8) is 0 Å². The van der Waals surface area contributed by atoms with Gasteiger partial charge in [0, 0.05) is 43.2 Å². The van der Waals surface area contributed by atoms with Crippen LogP contribution in [-0.4, -0.2) is 78.6 Å². The number of carbonyl (C=O) groups excluding carboxylic acids is 2. The maximum atomic E-state index is 14.1. The van der Waals surface area contributed by atoms with Crippen LogP contribution in [0.15, 0.2) is 96.2 Å². The van der Waals surface area contributed by atoms with E-state index in [-0.39, 0.29) is 50.5 Å². The molecule has 1 saturated carbocycles. The predicted molar refractivity (Wildman–Crippen MR) is 213 cm³/mol. The average Bonchev–Trinajstić information content (AvgIpc) is 3.23. The van der Waals surface area contributed by atoms with Gasteiger partial charge in [0.05, 0.1) is 25.3 Å². The van der Waals surface area contributed by atoms with Crippen molar-refractivity contribution in [2.75, 3.05) is 33.5 Å². The van der Waals surface area contributed by atoms with Crippen LogP contribution >= 0.6 is 0 Å². The summed E-state index contributed by atoms with van der Waals surface area (Å²) in [6.45, 7) is 6.44. The van der Waals surface area contributed by atoms with Gasteiger partial charge in [0.1, 0.15) is 42.0 Å². The van der Waals surface area contributed by atoms with E-state index in [4.69, 9.17) is 28.9 Å². The number of hydrogen-bond donors (Lipinski definition) is 2. The van der Waals surface area contributed by atoms with Gasteiger partial charge in [-0.3, -0.25) is 9.69 Å². The van der Waals surface area contributed by atoms with Gasteiger partial charge in [-0.15, -0.1) is 6.58 Å². The molecule has 57 heavy (non-hydrogen) atoms. The molecule has 3 aliphatic rings. The van der Waals surface area contributed by atoms with Gasteiger partial charge in [0.15, 0.2) is 0 Å². The second kappa shape index (κ2) is 19.4. The molecule has 6 atom stereocenters. The quantitative estimate of drug-likeness (QED) is 0.0532. The highest BCUT2D eigenvalue weighted by atomic mass is 19.1. The van der Waals surface area contributed by atoms with Crippen molar-refractivity contribution < 1.29 is 48.0 Å². The lowest BCUT2D eigenvalue weighted by Gasteiger charge is -2.59. The Kier molecular flexibility index (Phi) is 14.2. The number of allylic oxidation sites excluding steroid dienone is 1. The number of unbranched alkanes of at least 4 members (excludes halogenated alkanes) is 2. The molecule has 6 rings (SSSR count). The van der Waals surface area contributed by atoms with Crippen LogP contribution in [0, 0.1) is 23.6 Å². The van der Waals surface area contributed by atoms with Crippen molar-refractivity contribution in [3.8, 4) is 17.2 Å². The Morgan fingerprint density at radius 3 is 2.49 bits per heavy atom. The molecule has 1 heterocycles. The molecule has 3 aromatic carbocycles. The fourth-order valence-electron chi connectivity index (χ4n) is 8.85. The highest BCUT2D eigenvalue weighted by Crippen LogP contribution is 2.62. The summed E-state index contributed by atoms with van der Waals surface area (Å²) in [7, 11) is 1.32. The Labute approximate surface area is 333 Å². The zero-order valence-corrected chi connectivity index (χ0v) is 32.7. The normalized spacial score (nSPS) is 24.0. The van der Waals surface area contributed by atoms with E-state index >= 15 is 0 Å². The van der Waals surface area contributed by atoms with Gasteiger partial charge in [-0.1, -0.05) is 54.4 Å². The van der Waals surface area contributed by atoms with E-state index < -0.39 is 29.7 Å². The maximum Gasteiger partial charge on any atom is 0.410 e. The molecule has 1 amide bonds. The number of rotatable bonds is 19. The van der Waals surface area contributed by atoms with Crippen molar-refractivity contribution in [1.82, 2.24) is 4.90 Å². The van der Waals surface area contributed by atoms with Gasteiger partial charge in [-0.2, -0.15) is 0 Å². The lowest BCUT2D eigenvalue weighted by molar-refractivity contribution is -0.256. The number of carbonyl (C=O) groups is 2. The Morgan fingerprint density at radius 1 is 1.04 bits per heavy atom. The molecule has 6 unspecified atom stereocenters.